The minimum atomic E-state index is -3.61. The maximum absolute atomic E-state index is 12.5. The average Bonchev–Trinajstić information content (AvgIpc) is 2.45. The topological polar surface area (TPSA) is 46.2 Å². The molecule has 2 aromatic carbocycles. The van der Waals surface area contributed by atoms with Crippen molar-refractivity contribution >= 4 is 21.6 Å². The molecule has 0 spiro atoms. The predicted octanol–water partition coefficient (Wildman–Crippen LogP) is 4.02. The Labute approximate surface area is 131 Å². The maximum atomic E-state index is 12.5. The molecular weight excluding hydrogens is 306 g/mol. The summed E-state index contributed by atoms with van der Waals surface area (Å²) >= 11 is 5.87. The number of hydrogen-bond acceptors (Lipinski definition) is 2. The largest absolute Gasteiger partial charge is 0.241 e. The van der Waals surface area contributed by atoms with Crippen LogP contribution in [0.2, 0.25) is 5.02 Å². The van der Waals surface area contributed by atoms with Crippen LogP contribution in [-0.2, 0) is 10.0 Å². The molecule has 112 valence electrons. The third-order valence-electron chi connectivity index (χ3n) is 3.21. The highest BCUT2D eigenvalue weighted by Crippen LogP contribution is 2.25. The van der Waals surface area contributed by atoms with Gasteiger partial charge in [0.25, 0.3) is 0 Å². The zero-order valence-corrected chi connectivity index (χ0v) is 13.5. The second kappa shape index (κ2) is 6.60. The molecule has 0 aliphatic rings. The first-order valence-corrected chi connectivity index (χ1v) is 8.59. The van der Waals surface area contributed by atoms with E-state index in [1.54, 1.807) is 12.1 Å². The van der Waals surface area contributed by atoms with E-state index in [1.165, 1.54) is 12.1 Å². The van der Waals surface area contributed by atoms with Crippen molar-refractivity contribution in [3.63, 3.8) is 0 Å². The lowest BCUT2D eigenvalue weighted by Gasteiger charge is -2.22. The Hall–Kier alpha value is -1.36. The molecule has 2 aromatic rings. The molecule has 0 radical (unpaired) electrons. The van der Waals surface area contributed by atoms with Crippen molar-refractivity contribution in [3.8, 4) is 0 Å². The summed E-state index contributed by atoms with van der Waals surface area (Å²) in [4.78, 5) is 0.177. The normalized spacial score (nSPS) is 13.3. The fraction of sp³-hybridized carbons (Fsp3) is 0.250. The first kappa shape index (κ1) is 16.0. The Morgan fingerprint density at radius 1 is 1.00 bits per heavy atom. The van der Waals surface area contributed by atoms with Crippen molar-refractivity contribution < 1.29 is 8.42 Å². The monoisotopic (exact) mass is 323 g/mol. The van der Waals surface area contributed by atoms with E-state index in [0.717, 1.165) is 5.56 Å². The lowest BCUT2D eigenvalue weighted by molar-refractivity contribution is 0.463. The van der Waals surface area contributed by atoms with Crippen LogP contribution in [0.4, 0.5) is 0 Å². The number of benzene rings is 2. The SMILES string of the molecule is CC(C)C(NS(=O)(=O)c1cccc(Cl)c1)c1ccccc1. The lowest BCUT2D eigenvalue weighted by atomic mass is 9.97. The van der Waals surface area contributed by atoms with Gasteiger partial charge in [0.2, 0.25) is 10.0 Å². The zero-order valence-electron chi connectivity index (χ0n) is 12.0. The van der Waals surface area contributed by atoms with E-state index in [2.05, 4.69) is 4.72 Å². The molecule has 0 heterocycles. The van der Waals surface area contributed by atoms with Crippen LogP contribution in [0, 0.1) is 5.92 Å². The molecular formula is C16H18ClNO2S. The van der Waals surface area contributed by atoms with Crippen LogP contribution in [0.5, 0.6) is 0 Å². The fourth-order valence-corrected chi connectivity index (χ4v) is 3.79. The molecule has 0 saturated heterocycles. The first-order valence-electron chi connectivity index (χ1n) is 6.73. The minimum absolute atomic E-state index is 0.126. The van der Waals surface area contributed by atoms with E-state index in [1.807, 2.05) is 44.2 Å². The van der Waals surface area contributed by atoms with Crippen molar-refractivity contribution in [2.24, 2.45) is 5.92 Å². The van der Waals surface area contributed by atoms with Gasteiger partial charge in [-0.2, -0.15) is 0 Å². The van der Waals surface area contributed by atoms with Crippen molar-refractivity contribution in [3.05, 3.63) is 65.2 Å². The standard InChI is InChI=1S/C16H18ClNO2S/c1-12(2)16(13-7-4-3-5-8-13)18-21(19,20)15-10-6-9-14(17)11-15/h3-12,16,18H,1-2H3. The number of sulfonamides is 1. The molecule has 0 aliphatic carbocycles. The van der Waals surface area contributed by atoms with Gasteiger partial charge in [-0.3, -0.25) is 0 Å². The number of hydrogen-bond donors (Lipinski definition) is 1. The Bertz CT molecular complexity index is 699. The molecule has 0 saturated carbocycles. The van der Waals surface area contributed by atoms with Gasteiger partial charge < -0.3 is 0 Å². The molecule has 1 atom stereocenters. The second-order valence-corrected chi connectivity index (χ2v) is 7.36. The molecule has 0 bridgehead atoms. The quantitative estimate of drug-likeness (QED) is 0.903. The van der Waals surface area contributed by atoms with Gasteiger partial charge in [-0.1, -0.05) is 61.8 Å². The molecule has 0 aliphatic heterocycles. The van der Waals surface area contributed by atoms with Crippen molar-refractivity contribution in [2.45, 2.75) is 24.8 Å². The van der Waals surface area contributed by atoms with Crippen LogP contribution in [0.3, 0.4) is 0 Å². The summed E-state index contributed by atoms with van der Waals surface area (Å²) in [7, 11) is -3.61. The van der Waals surface area contributed by atoms with E-state index < -0.39 is 10.0 Å². The highest BCUT2D eigenvalue weighted by Gasteiger charge is 2.23. The molecule has 0 aromatic heterocycles. The average molecular weight is 324 g/mol. The maximum Gasteiger partial charge on any atom is 0.241 e. The Balaban J connectivity index is 2.33. The van der Waals surface area contributed by atoms with Crippen LogP contribution >= 0.6 is 11.6 Å². The number of nitrogens with one attached hydrogen (secondary N) is 1. The number of halogens is 1. The van der Waals surface area contributed by atoms with E-state index >= 15 is 0 Å². The third-order valence-corrected chi connectivity index (χ3v) is 4.89. The Kier molecular flexibility index (Phi) is 5.04. The third kappa shape index (κ3) is 4.06. The van der Waals surface area contributed by atoms with Gasteiger partial charge in [0.15, 0.2) is 0 Å². The minimum Gasteiger partial charge on any atom is -0.207 e. The molecule has 1 N–H and O–H groups in total. The summed E-state index contributed by atoms with van der Waals surface area (Å²) in [6.07, 6.45) is 0. The van der Waals surface area contributed by atoms with Crippen LogP contribution in [0.1, 0.15) is 25.5 Å². The highest BCUT2D eigenvalue weighted by atomic mass is 35.5. The smallest absolute Gasteiger partial charge is 0.207 e. The van der Waals surface area contributed by atoms with Crippen molar-refractivity contribution in [1.29, 1.82) is 0 Å². The highest BCUT2D eigenvalue weighted by molar-refractivity contribution is 7.89. The number of rotatable bonds is 5. The summed E-state index contributed by atoms with van der Waals surface area (Å²) in [6, 6.07) is 15.5. The zero-order chi connectivity index (χ0) is 15.5. The van der Waals surface area contributed by atoms with Crippen molar-refractivity contribution in [1.82, 2.24) is 4.72 Å². The van der Waals surface area contributed by atoms with Gasteiger partial charge in [-0.15, -0.1) is 0 Å². The van der Waals surface area contributed by atoms with Crippen LogP contribution < -0.4 is 4.72 Å². The molecule has 5 heteroatoms. The summed E-state index contributed by atoms with van der Waals surface area (Å²) in [5.74, 6) is 0.126. The Morgan fingerprint density at radius 2 is 1.67 bits per heavy atom. The summed E-state index contributed by atoms with van der Waals surface area (Å²) in [5.41, 5.74) is 0.943. The van der Waals surface area contributed by atoms with Gasteiger partial charge in [0.05, 0.1) is 4.90 Å². The van der Waals surface area contributed by atoms with Crippen LogP contribution in [-0.4, -0.2) is 8.42 Å². The second-order valence-electron chi connectivity index (χ2n) is 5.21. The predicted molar refractivity (Wildman–Crippen MR) is 85.8 cm³/mol. The summed E-state index contributed by atoms with van der Waals surface area (Å²) < 4.78 is 27.8. The molecule has 2 rings (SSSR count). The molecule has 3 nitrogen and oxygen atoms in total. The van der Waals surface area contributed by atoms with Crippen molar-refractivity contribution in [2.75, 3.05) is 0 Å². The van der Waals surface area contributed by atoms with Gasteiger partial charge >= 0.3 is 0 Å². The molecule has 1 unspecified atom stereocenters. The van der Waals surface area contributed by atoms with Gasteiger partial charge in [0, 0.05) is 11.1 Å². The van der Waals surface area contributed by atoms with Gasteiger partial charge in [-0.05, 0) is 29.7 Å². The van der Waals surface area contributed by atoms with E-state index in [9.17, 15) is 8.42 Å². The van der Waals surface area contributed by atoms with E-state index in [4.69, 9.17) is 11.6 Å². The lowest BCUT2D eigenvalue weighted by Crippen LogP contribution is -2.31. The van der Waals surface area contributed by atoms with Crippen LogP contribution in [0.25, 0.3) is 0 Å². The Morgan fingerprint density at radius 3 is 2.24 bits per heavy atom. The first-order chi connectivity index (χ1) is 9.90. The summed E-state index contributed by atoms with van der Waals surface area (Å²) in [6.45, 7) is 3.97. The van der Waals surface area contributed by atoms with Gasteiger partial charge in [-0.25, -0.2) is 13.1 Å². The molecule has 21 heavy (non-hydrogen) atoms. The van der Waals surface area contributed by atoms with Gasteiger partial charge in [0.1, 0.15) is 0 Å². The molecule has 0 amide bonds. The van der Waals surface area contributed by atoms with Crippen LogP contribution in [0.15, 0.2) is 59.5 Å². The summed E-state index contributed by atoms with van der Waals surface area (Å²) in [5, 5.41) is 0.402. The fourth-order valence-electron chi connectivity index (χ4n) is 2.12. The van der Waals surface area contributed by atoms with E-state index in [-0.39, 0.29) is 16.9 Å². The molecule has 0 fully saturated rings. The van der Waals surface area contributed by atoms with E-state index in [0.29, 0.717) is 5.02 Å².